The van der Waals surface area contributed by atoms with E-state index in [0.29, 0.717) is 12.3 Å². The van der Waals surface area contributed by atoms with Crippen molar-refractivity contribution in [3.05, 3.63) is 0 Å². The lowest BCUT2D eigenvalue weighted by atomic mass is 9.73. The maximum Gasteiger partial charge on any atom is 0.407 e. The van der Waals surface area contributed by atoms with E-state index in [4.69, 9.17) is 4.74 Å². The van der Waals surface area contributed by atoms with Crippen molar-refractivity contribution in [2.45, 2.75) is 52.1 Å². The van der Waals surface area contributed by atoms with Gasteiger partial charge in [0.2, 0.25) is 0 Å². The van der Waals surface area contributed by atoms with Crippen LogP contribution in [0.3, 0.4) is 0 Å². The number of hydrogen-bond acceptors (Lipinski definition) is 3. The highest BCUT2D eigenvalue weighted by Crippen LogP contribution is 2.55. The summed E-state index contributed by atoms with van der Waals surface area (Å²) in [6, 6.07) is 0. The predicted octanol–water partition coefficient (Wildman–Crippen LogP) is 2.40. The van der Waals surface area contributed by atoms with Gasteiger partial charge in [-0.3, -0.25) is 4.79 Å². The molecule has 2 aliphatic carbocycles. The first kappa shape index (κ1) is 14.2. The number of alkyl carbamates (subject to hydrolysis) is 1. The summed E-state index contributed by atoms with van der Waals surface area (Å²) in [5, 5.41) is 12.2. The van der Waals surface area contributed by atoms with Crippen LogP contribution in [-0.4, -0.2) is 29.3 Å². The zero-order valence-electron chi connectivity index (χ0n) is 11.9. The lowest BCUT2D eigenvalue weighted by Gasteiger charge is -2.33. The van der Waals surface area contributed by atoms with Gasteiger partial charge >= 0.3 is 12.1 Å². The third kappa shape index (κ3) is 2.85. The van der Waals surface area contributed by atoms with E-state index in [1.165, 1.54) is 0 Å². The summed E-state index contributed by atoms with van der Waals surface area (Å²) in [7, 11) is 0. The molecule has 0 radical (unpaired) electrons. The summed E-state index contributed by atoms with van der Waals surface area (Å²) >= 11 is 0. The molecule has 108 valence electrons. The van der Waals surface area contributed by atoms with Crippen LogP contribution in [-0.2, 0) is 9.53 Å². The first-order valence-electron chi connectivity index (χ1n) is 6.93. The monoisotopic (exact) mass is 269 g/mol. The summed E-state index contributed by atoms with van der Waals surface area (Å²) in [6.45, 7) is 5.55. The lowest BCUT2D eigenvalue weighted by molar-refractivity contribution is -0.152. The van der Waals surface area contributed by atoms with Crippen molar-refractivity contribution in [1.82, 2.24) is 5.32 Å². The molecule has 0 aromatic rings. The van der Waals surface area contributed by atoms with Crippen LogP contribution in [0.4, 0.5) is 4.79 Å². The van der Waals surface area contributed by atoms with Gasteiger partial charge in [-0.25, -0.2) is 4.79 Å². The second kappa shape index (κ2) is 4.69. The highest BCUT2D eigenvalue weighted by molar-refractivity contribution is 5.77. The summed E-state index contributed by atoms with van der Waals surface area (Å²) in [5.74, 6) is -0.0674. The second-order valence-electron chi connectivity index (χ2n) is 6.90. The van der Waals surface area contributed by atoms with Crippen LogP contribution in [0.15, 0.2) is 0 Å². The van der Waals surface area contributed by atoms with Gasteiger partial charge in [0.05, 0.1) is 5.41 Å². The normalized spacial score (nSPS) is 33.2. The molecule has 2 bridgehead atoms. The molecule has 1 amide bonds. The van der Waals surface area contributed by atoms with Gasteiger partial charge in [-0.05, 0) is 51.9 Å². The summed E-state index contributed by atoms with van der Waals surface area (Å²) < 4.78 is 5.16. The molecule has 2 saturated carbocycles. The minimum atomic E-state index is -0.782. The fraction of sp³-hybridized carbons (Fsp3) is 0.857. The van der Waals surface area contributed by atoms with E-state index in [0.717, 1.165) is 19.3 Å². The molecule has 2 aliphatic rings. The average Bonchev–Trinajstić information content (AvgIpc) is 2.84. The van der Waals surface area contributed by atoms with Crippen molar-refractivity contribution in [2.75, 3.05) is 6.54 Å². The van der Waals surface area contributed by atoms with E-state index in [1.54, 1.807) is 20.8 Å². The molecular formula is C14H23NO4. The third-order valence-electron chi connectivity index (χ3n) is 4.35. The zero-order chi connectivity index (χ0) is 14.3. The highest BCUT2D eigenvalue weighted by atomic mass is 16.6. The molecule has 3 unspecified atom stereocenters. The molecular weight excluding hydrogens is 246 g/mol. The van der Waals surface area contributed by atoms with Crippen LogP contribution in [0.25, 0.3) is 0 Å². The second-order valence-corrected chi connectivity index (χ2v) is 6.90. The van der Waals surface area contributed by atoms with Gasteiger partial charge in [-0.1, -0.05) is 6.42 Å². The van der Waals surface area contributed by atoms with Crippen molar-refractivity contribution in [2.24, 2.45) is 17.3 Å². The Kier molecular flexibility index (Phi) is 3.49. The van der Waals surface area contributed by atoms with Crippen molar-refractivity contribution in [3.8, 4) is 0 Å². The summed E-state index contributed by atoms with van der Waals surface area (Å²) in [4.78, 5) is 23.3. The Hall–Kier alpha value is -1.26. The number of carbonyl (C=O) groups excluding carboxylic acids is 1. The highest BCUT2D eigenvalue weighted by Gasteiger charge is 2.55. The molecule has 2 rings (SSSR count). The zero-order valence-corrected chi connectivity index (χ0v) is 11.9. The van der Waals surface area contributed by atoms with Crippen molar-refractivity contribution < 1.29 is 19.4 Å². The van der Waals surface area contributed by atoms with E-state index in [-0.39, 0.29) is 12.5 Å². The van der Waals surface area contributed by atoms with Gasteiger partial charge < -0.3 is 15.2 Å². The van der Waals surface area contributed by atoms with Crippen LogP contribution in [0.2, 0.25) is 0 Å². The van der Waals surface area contributed by atoms with Gasteiger partial charge in [0.15, 0.2) is 0 Å². The quantitative estimate of drug-likeness (QED) is 0.825. The molecule has 2 N–H and O–H groups in total. The Morgan fingerprint density at radius 1 is 1.37 bits per heavy atom. The van der Waals surface area contributed by atoms with Crippen LogP contribution in [0, 0.1) is 17.3 Å². The standard InChI is InChI=1S/C14H23NO4/c1-13(2,3)19-12(18)15-8-14(11(16)17)7-9-4-5-10(14)6-9/h9-10H,4-8H2,1-3H3,(H,15,18)(H,16,17). The number of aliphatic carboxylic acids is 1. The maximum atomic E-state index is 11.7. The number of nitrogens with one attached hydrogen (secondary N) is 1. The summed E-state index contributed by atoms with van der Waals surface area (Å²) in [5.41, 5.74) is -1.34. The topological polar surface area (TPSA) is 75.6 Å². The van der Waals surface area contributed by atoms with E-state index in [9.17, 15) is 14.7 Å². The van der Waals surface area contributed by atoms with Crippen molar-refractivity contribution >= 4 is 12.1 Å². The third-order valence-corrected chi connectivity index (χ3v) is 4.35. The van der Waals surface area contributed by atoms with E-state index in [2.05, 4.69) is 5.32 Å². The molecule has 5 nitrogen and oxygen atoms in total. The molecule has 0 aromatic carbocycles. The lowest BCUT2D eigenvalue weighted by Crippen LogP contribution is -2.47. The maximum absolute atomic E-state index is 11.7. The molecule has 3 atom stereocenters. The van der Waals surface area contributed by atoms with Gasteiger partial charge in [-0.2, -0.15) is 0 Å². The van der Waals surface area contributed by atoms with E-state index in [1.807, 2.05) is 0 Å². The molecule has 0 saturated heterocycles. The van der Waals surface area contributed by atoms with Crippen LogP contribution in [0.5, 0.6) is 0 Å². The van der Waals surface area contributed by atoms with Gasteiger partial charge in [0.25, 0.3) is 0 Å². The minimum absolute atomic E-state index is 0.179. The molecule has 19 heavy (non-hydrogen) atoms. The number of ether oxygens (including phenoxy) is 1. The Balaban J connectivity index is 1.96. The molecule has 2 fully saturated rings. The Labute approximate surface area is 113 Å². The Morgan fingerprint density at radius 2 is 2.05 bits per heavy atom. The number of hydrogen-bond donors (Lipinski definition) is 2. The van der Waals surface area contributed by atoms with Crippen LogP contribution < -0.4 is 5.32 Å². The fourth-order valence-electron chi connectivity index (χ4n) is 3.54. The number of carboxylic acid groups (broad SMARTS) is 1. The molecule has 0 spiro atoms. The number of amides is 1. The van der Waals surface area contributed by atoms with Gasteiger partial charge in [-0.15, -0.1) is 0 Å². The number of rotatable bonds is 3. The average molecular weight is 269 g/mol. The van der Waals surface area contributed by atoms with Gasteiger partial charge in [0, 0.05) is 6.54 Å². The van der Waals surface area contributed by atoms with E-state index >= 15 is 0 Å². The number of fused-ring (bicyclic) bond motifs is 2. The minimum Gasteiger partial charge on any atom is -0.481 e. The first-order chi connectivity index (χ1) is 8.73. The van der Waals surface area contributed by atoms with E-state index < -0.39 is 23.1 Å². The molecule has 5 heteroatoms. The SMILES string of the molecule is CC(C)(C)OC(=O)NCC1(C(=O)O)CC2CCC1C2. The number of carboxylic acids is 1. The first-order valence-corrected chi connectivity index (χ1v) is 6.93. The fourth-order valence-corrected chi connectivity index (χ4v) is 3.54. The van der Waals surface area contributed by atoms with Crippen LogP contribution in [0.1, 0.15) is 46.5 Å². The van der Waals surface area contributed by atoms with Crippen LogP contribution >= 0.6 is 0 Å². The van der Waals surface area contributed by atoms with Crippen molar-refractivity contribution in [1.29, 1.82) is 0 Å². The molecule has 0 aliphatic heterocycles. The molecule has 0 aromatic heterocycles. The predicted molar refractivity (Wildman–Crippen MR) is 69.8 cm³/mol. The summed E-state index contributed by atoms with van der Waals surface area (Å²) in [6.07, 6.45) is 3.24. The largest absolute Gasteiger partial charge is 0.481 e. The Bertz CT molecular complexity index is 387. The molecule has 0 heterocycles. The Morgan fingerprint density at radius 3 is 2.47 bits per heavy atom. The van der Waals surface area contributed by atoms with Crippen molar-refractivity contribution in [3.63, 3.8) is 0 Å². The van der Waals surface area contributed by atoms with Gasteiger partial charge in [0.1, 0.15) is 5.60 Å². The number of carbonyl (C=O) groups is 2. The smallest absolute Gasteiger partial charge is 0.407 e.